The molecule has 1 atom stereocenters. The highest BCUT2D eigenvalue weighted by Gasteiger charge is 2.27. The lowest BCUT2D eigenvalue weighted by Gasteiger charge is -2.23. The van der Waals surface area contributed by atoms with Gasteiger partial charge in [-0.3, -0.25) is 19.4 Å². The maximum atomic E-state index is 13.5. The number of phenols is 1. The smallest absolute Gasteiger partial charge is 0.508 e. The number of hydrogen-bond donors (Lipinski definition) is 6. The van der Waals surface area contributed by atoms with Crippen molar-refractivity contribution in [3.05, 3.63) is 117 Å². The topological polar surface area (TPSA) is 174 Å². The van der Waals surface area contributed by atoms with Crippen molar-refractivity contribution in [1.29, 1.82) is 0 Å². The van der Waals surface area contributed by atoms with Gasteiger partial charge < -0.3 is 29.9 Å². The van der Waals surface area contributed by atoms with Crippen LogP contribution in [0.3, 0.4) is 0 Å². The minimum Gasteiger partial charge on any atom is -0.508 e. The third kappa shape index (κ3) is 9.72. The Kier molecular flexibility index (Phi) is 11.2. The highest BCUT2D eigenvalue weighted by Crippen LogP contribution is 2.40. The number of halogens is 3. The van der Waals surface area contributed by atoms with Crippen LogP contribution in [-0.2, 0) is 22.4 Å². The fourth-order valence-electron chi connectivity index (χ4n) is 5.30. The van der Waals surface area contributed by atoms with E-state index in [-0.39, 0.29) is 58.0 Å². The fourth-order valence-corrected chi connectivity index (χ4v) is 6.32. The Morgan fingerprint density at radius 3 is 2.31 bits per heavy atom. The van der Waals surface area contributed by atoms with Crippen molar-refractivity contribution in [2.24, 2.45) is 0 Å². The zero-order chi connectivity index (χ0) is 37.2. The van der Waals surface area contributed by atoms with E-state index in [9.17, 15) is 38.5 Å². The number of β-amino-alcohol motifs (C(OH)–C–C–N with tert-alkyl or cyclic N) is 1. The number of benzene rings is 3. The predicted molar refractivity (Wildman–Crippen MR) is 190 cm³/mol. The molecule has 0 bridgehead atoms. The molecule has 0 saturated heterocycles. The number of aliphatic hydroxyl groups excluding tert-OH is 1. The summed E-state index contributed by atoms with van der Waals surface area (Å²) in [5.41, 5.74) is 1.61. The molecule has 0 radical (unpaired) electrons. The number of aromatic nitrogens is 2. The summed E-state index contributed by atoms with van der Waals surface area (Å²) in [7, 11) is -4.99. The number of nitrogens with one attached hydrogen (secondary N) is 2. The van der Waals surface area contributed by atoms with Crippen LogP contribution in [-0.4, -0.2) is 48.3 Å². The Balaban J connectivity index is 1.37. The molecule has 0 saturated carbocycles. The van der Waals surface area contributed by atoms with E-state index in [0.717, 1.165) is 5.56 Å². The van der Waals surface area contributed by atoms with Gasteiger partial charge in [-0.1, -0.05) is 41.4 Å². The Morgan fingerprint density at radius 2 is 1.69 bits per heavy atom. The zero-order valence-electron chi connectivity index (χ0n) is 27.6. The number of ketones is 1. The number of Topliss-reactive ketones (excluding diaryl/α,β-unsaturated/α-hetero) is 1. The van der Waals surface area contributed by atoms with Crippen LogP contribution in [0, 0.1) is 5.82 Å². The molecule has 268 valence electrons. The van der Waals surface area contributed by atoms with Gasteiger partial charge in [-0.05, 0) is 74.4 Å². The van der Waals surface area contributed by atoms with E-state index in [4.69, 9.17) is 27.7 Å². The van der Waals surface area contributed by atoms with Gasteiger partial charge in [-0.2, -0.15) is 4.57 Å². The van der Waals surface area contributed by atoms with E-state index in [2.05, 4.69) is 10.6 Å². The van der Waals surface area contributed by atoms with Crippen LogP contribution in [0.2, 0.25) is 10.0 Å². The second-order valence-corrected chi connectivity index (χ2v) is 14.9. The van der Waals surface area contributed by atoms with Crippen LogP contribution >= 0.6 is 31.0 Å². The minimum absolute atomic E-state index is 0.000843. The molecule has 0 spiro atoms. The summed E-state index contributed by atoms with van der Waals surface area (Å²) < 4.78 is 33.4. The van der Waals surface area contributed by atoms with E-state index in [1.54, 1.807) is 28.8 Å². The van der Waals surface area contributed by atoms with Crippen LogP contribution in [0.4, 0.5) is 10.1 Å². The maximum Gasteiger partial charge on any atom is 0.524 e. The van der Waals surface area contributed by atoms with E-state index in [1.165, 1.54) is 59.6 Å². The summed E-state index contributed by atoms with van der Waals surface area (Å²) >= 11 is 13.0. The van der Waals surface area contributed by atoms with Gasteiger partial charge >= 0.3 is 7.82 Å². The zero-order valence-corrected chi connectivity index (χ0v) is 30.0. The molecule has 5 rings (SSSR count). The number of aliphatic hydroxyl groups is 1. The second kappa shape index (κ2) is 15.1. The van der Waals surface area contributed by atoms with Crippen molar-refractivity contribution >= 4 is 59.3 Å². The second-order valence-electron chi connectivity index (χ2n) is 12.9. The highest BCUT2D eigenvalue weighted by atomic mass is 35.5. The number of aromatic hydroxyl groups is 1. The lowest BCUT2D eigenvalue weighted by molar-refractivity contribution is -0.688. The molecule has 2 heterocycles. The predicted octanol–water partition coefficient (Wildman–Crippen LogP) is 5.89. The SMILES string of the molecule is CC(C)(C)NCC(O)c1ccc(C[n+]2cc(Cl)c(NC(=O)C(=O)c3cn(Cc4ccc(F)cc4)c4ccc(O)cc34)c(Cl)c2)c(OP(=O)(O)O)c1. The van der Waals surface area contributed by atoms with Crippen molar-refractivity contribution in [1.82, 2.24) is 9.88 Å². The van der Waals surface area contributed by atoms with Gasteiger partial charge in [0.2, 0.25) is 0 Å². The molecule has 16 heteroatoms. The van der Waals surface area contributed by atoms with Crippen LogP contribution in [0.25, 0.3) is 10.9 Å². The molecule has 0 aliphatic rings. The summed E-state index contributed by atoms with van der Waals surface area (Å²) in [6, 6.07) is 14.7. The molecule has 2 aromatic heterocycles. The number of carbonyl (C=O) groups excluding carboxylic acids is 2. The number of hydrogen-bond acceptors (Lipinski definition) is 7. The van der Waals surface area contributed by atoms with Gasteiger partial charge in [-0.25, -0.2) is 8.96 Å². The van der Waals surface area contributed by atoms with Crippen LogP contribution < -0.4 is 19.7 Å². The fraction of sp³-hybridized carbons (Fsp3) is 0.229. The first-order valence-corrected chi connectivity index (χ1v) is 17.8. The summed E-state index contributed by atoms with van der Waals surface area (Å²) in [6.07, 6.45) is 3.24. The summed E-state index contributed by atoms with van der Waals surface area (Å²) in [5.74, 6) is -2.69. The normalized spacial score (nSPS) is 12.6. The van der Waals surface area contributed by atoms with Gasteiger partial charge in [-0.15, -0.1) is 0 Å². The van der Waals surface area contributed by atoms with Crippen molar-refractivity contribution < 1.29 is 47.6 Å². The minimum atomic E-state index is -4.99. The van der Waals surface area contributed by atoms with Crippen molar-refractivity contribution in [3.63, 3.8) is 0 Å². The van der Waals surface area contributed by atoms with Crippen molar-refractivity contribution in [3.8, 4) is 11.5 Å². The van der Waals surface area contributed by atoms with E-state index in [0.29, 0.717) is 22.0 Å². The Hall–Kier alpha value is -4.33. The Bertz CT molecular complexity index is 2140. The monoisotopic (exact) mass is 759 g/mol. The third-order valence-corrected chi connectivity index (χ3v) is 8.74. The molecule has 0 aliphatic carbocycles. The summed E-state index contributed by atoms with van der Waals surface area (Å²) in [4.78, 5) is 45.9. The first kappa shape index (κ1) is 37.9. The maximum absolute atomic E-state index is 13.5. The quantitative estimate of drug-likeness (QED) is 0.0392. The number of rotatable bonds is 12. The third-order valence-electron chi connectivity index (χ3n) is 7.73. The average molecular weight is 761 g/mol. The van der Waals surface area contributed by atoms with Crippen molar-refractivity contribution in [2.45, 2.75) is 45.5 Å². The van der Waals surface area contributed by atoms with Crippen LogP contribution in [0.1, 0.15) is 53.9 Å². The van der Waals surface area contributed by atoms with Crippen LogP contribution in [0.5, 0.6) is 11.5 Å². The lowest BCUT2D eigenvalue weighted by atomic mass is 10.0. The highest BCUT2D eigenvalue weighted by molar-refractivity contribution is 7.46. The number of phenolic OH excluding ortho intramolecular Hbond substituents is 1. The number of anilines is 1. The molecule has 1 amide bonds. The number of amides is 1. The van der Waals surface area contributed by atoms with Gasteiger partial charge in [0.1, 0.15) is 27.4 Å². The Labute approximate surface area is 302 Å². The molecule has 6 N–H and O–H groups in total. The van der Waals surface area contributed by atoms with Gasteiger partial charge in [0.25, 0.3) is 11.7 Å². The van der Waals surface area contributed by atoms with E-state index < -0.39 is 31.4 Å². The number of phosphoric ester groups is 1. The largest absolute Gasteiger partial charge is 0.524 e. The molecule has 5 aromatic rings. The summed E-state index contributed by atoms with van der Waals surface area (Å²) in [5, 5.41) is 26.6. The average Bonchev–Trinajstić information content (AvgIpc) is 3.38. The van der Waals surface area contributed by atoms with Gasteiger partial charge in [0.05, 0.1) is 22.9 Å². The van der Waals surface area contributed by atoms with Crippen LogP contribution in [0.15, 0.2) is 79.3 Å². The molecule has 51 heavy (non-hydrogen) atoms. The van der Waals surface area contributed by atoms with Gasteiger partial charge in [0, 0.05) is 35.7 Å². The molecule has 12 nitrogen and oxygen atoms in total. The van der Waals surface area contributed by atoms with Crippen molar-refractivity contribution in [2.75, 3.05) is 11.9 Å². The standard InChI is InChI=1S/C35H34Cl2FN4O8P/c1-35(2,3)39-14-30(44)21-6-7-22(31(12-21)50-51(47,48)49)16-41-18-27(36)32(28(37)19-41)40-34(46)33(45)26-17-42(15-20-4-8-23(38)9-5-20)29-11-10-24(43)13-25(26)29/h4-13,17-19,30,39,44H,14-16H2,1-3H3,(H3,43,47,48,49)/p+1. The number of carbonyl (C=O) groups is 2. The first-order valence-electron chi connectivity index (χ1n) is 15.5. The number of pyridine rings is 1. The molecule has 0 fully saturated rings. The summed E-state index contributed by atoms with van der Waals surface area (Å²) in [6.45, 7) is 6.17. The number of nitrogens with zero attached hydrogens (tertiary/aromatic N) is 2. The van der Waals surface area contributed by atoms with E-state index >= 15 is 0 Å². The molecular formula is C35H35Cl2FN4O8P+. The van der Waals surface area contributed by atoms with E-state index in [1.807, 2.05) is 20.8 Å². The molecule has 3 aromatic carbocycles. The molecule has 1 unspecified atom stereocenters. The number of phosphoric acid groups is 1. The molecular weight excluding hydrogens is 725 g/mol. The first-order chi connectivity index (χ1) is 23.9. The lowest BCUT2D eigenvalue weighted by Crippen LogP contribution is -2.38. The Morgan fingerprint density at radius 1 is 1.02 bits per heavy atom. The molecule has 0 aliphatic heterocycles. The number of fused-ring (bicyclic) bond motifs is 1. The van der Waals surface area contributed by atoms with Gasteiger partial charge in [0.15, 0.2) is 18.9 Å².